The SMILES string of the molecule is CCc1nn(C)c2c1nc(CCl)n2Cc1ncc(C)s1. The highest BCUT2D eigenvalue weighted by molar-refractivity contribution is 7.11. The van der Waals surface area contributed by atoms with Crippen LogP contribution in [0.25, 0.3) is 11.2 Å². The predicted molar refractivity (Wildman–Crippen MR) is 81.4 cm³/mol. The van der Waals surface area contributed by atoms with Crippen LogP contribution in [0.2, 0.25) is 0 Å². The monoisotopic (exact) mass is 309 g/mol. The zero-order valence-electron chi connectivity index (χ0n) is 11.7. The molecule has 106 valence electrons. The van der Waals surface area contributed by atoms with E-state index in [9.17, 15) is 0 Å². The van der Waals surface area contributed by atoms with Crippen molar-refractivity contribution in [2.24, 2.45) is 7.05 Å². The van der Waals surface area contributed by atoms with Gasteiger partial charge in [-0.25, -0.2) is 9.97 Å². The van der Waals surface area contributed by atoms with Gasteiger partial charge >= 0.3 is 0 Å². The fourth-order valence-corrected chi connectivity index (χ4v) is 3.38. The van der Waals surface area contributed by atoms with Crippen LogP contribution in [-0.4, -0.2) is 24.3 Å². The second-order valence-electron chi connectivity index (χ2n) is 4.71. The number of hydrogen-bond acceptors (Lipinski definition) is 4. The van der Waals surface area contributed by atoms with Crippen molar-refractivity contribution < 1.29 is 0 Å². The summed E-state index contributed by atoms with van der Waals surface area (Å²) < 4.78 is 4.00. The summed E-state index contributed by atoms with van der Waals surface area (Å²) in [5.41, 5.74) is 2.99. The largest absolute Gasteiger partial charge is 0.305 e. The molecule has 20 heavy (non-hydrogen) atoms. The molecule has 0 unspecified atom stereocenters. The Morgan fingerprint density at radius 3 is 2.80 bits per heavy atom. The normalized spacial score (nSPS) is 11.6. The molecule has 0 saturated heterocycles. The Bertz CT molecular complexity index is 754. The molecule has 0 radical (unpaired) electrons. The van der Waals surface area contributed by atoms with E-state index in [2.05, 4.69) is 33.5 Å². The Kier molecular flexibility index (Phi) is 3.52. The Labute approximate surface area is 126 Å². The second-order valence-corrected chi connectivity index (χ2v) is 6.30. The molecule has 0 aliphatic rings. The Balaban J connectivity index is 2.14. The van der Waals surface area contributed by atoms with Gasteiger partial charge in [-0.15, -0.1) is 22.9 Å². The molecule has 0 aromatic carbocycles. The fourth-order valence-electron chi connectivity index (χ4n) is 2.40. The van der Waals surface area contributed by atoms with Crippen LogP contribution in [0.1, 0.15) is 28.3 Å². The van der Waals surface area contributed by atoms with Gasteiger partial charge < -0.3 is 4.57 Å². The molecular formula is C13H16ClN5S. The average Bonchev–Trinajstić information content (AvgIpc) is 3.07. The van der Waals surface area contributed by atoms with Gasteiger partial charge in [0, 0.05) is 18.1 Å². The quantitative estimate of drug-likeness (QED) is 0.696. The summed E-state index contributed by atoms with van der Waals surface area (Å²) in [4.78, 5) is 10.3. The van der Waals surface area contributed by atoms with Crippen LogP contribution >= 0.6 is 22.9 Å². The molecule has 0 atom stereocenters. The number of thiazole rings is 1. The number of rotatable bonds is 4. The minimum Gasteiger partial charge on any atom is -0.305 e. The van der Waals surface area contributed by atoms with Crippen molar-refractivity contribution in [1.29, 1.82) is 0 Å². The second kappa shape index (κ2) is 5.18. The van der Waals surface area contributed by atoms with Gasteiger partial charge in [0.1, 0.15) is 16.3 Å². The predicted octanol–water partition coefficient (Wildman–Crippen LogP) is 2.88. The highest BCUT2D eigenvalue weighted by Gasteiger charge is 2.18. The lowest BCUT2D eigenvalue weighted by atomic mass is 10.3. The van der Waals surface area contributed by atoms with Crippen LogP contribution in [0.5, 0.6) is 0 Å². The first-order valence-electron chi connectivity index (χ1n) is 6.52. The van der Waals surface area contributed by atoms with Crippen LogP contribution in [-0.2, 0) is 25.9 Å². The highest BCUT2D eigenvalue weighted by atomic mass is 35.5. The van der Waals surface area contributed by atoms with Crippen molar-refractivity contribution in [2.75, 3.05) is 0 Å². The van der Waals surface area contributed by atoms with E-state index in [0.717, 1.165) is 34.1 Å². The highest BCUT2D eigenvalue weighted by Crippen LogP contribution is 2.23. The Morgan fingerprint density at radius 2 is 2.20 bits per heavy atom. The molecule has 0 aliphatic carbocycles. The molecule has 0 bridgehead atoms. The van der Waals surface area contributed by atoms with Crippen molar-refractivity contribution in [2.45, 2.75) is 32.7 Å². The number of alkyl halides is 1. The maximum Gasteiger partial charge on any atom is 0.159 e. The van der Waals surface area contributed by atoms with E-state index in [0.29, 0.717) is 12.4 Å². The van der Waals surface area contributed by atoms with Crippen molar-refractivity contribution in [1.82, 2.24) is 24.3 Å². The minimum atomic E-state index is 0.391. The third-order valence-electron chi connectivity index (χ3n) is 3.29. The summed E-state index contributed by atoms with van der Waals surface area (Å²) in [7, 11) is 1.95. The molecule has 5 nitrogen and oxygen atoms in total. The van der Waals surface area contributed by atoms with Gasteiger partial charge in [-0.1, -0.05) is 6.92 Å². The maximum absolute atomic E-state index is 6.05. The van der Waals surface area contributed by atoms with Crippen molar-refractivity contribution in [3.05, 3.63) is 27.6 Å². The topological polar surface area (TPSA) is 48.5 Å². The number of nitrogens with zero attached hydrogens (tertiary/aromatic N) is 5. The fraction of sp³-hybridized carbons (Fsp3) is 0.462. The molecule has 0 spiro atoms. The van der Waals surface area contributed by atoms with E-state index in [1.165, 1.54) is 4.88 Å². The van der Waals surface area contributed by atoms with E-state index in [1.807, 2.05) is 17.9 Å². The lowest BCUT2D eigenvalue weighted by molar-refractivity contribution is 0.696. The summed E-state index contributed by atoms with van der Waals surface area (Å²) in [6, 6.07) is 0. The first-order chi connectivity index (χ1) is 9.63. The molecule has 0 aliphatic heterocycles. The summed E-state index contributed by atoms with van der Waals surface area (Å²) in [6.07, 6.45) is 2.77. The molecule has 7 heteroatoms. The molecule has 3 heterocycles. The van der Waals surface area contributed by atoms with Crippen molar-refractivity contribution >= 4 is 34.1 Å². The molecule has 3 rings (SSSR count). The van der Waals surface area contributed by atoms with Crippen molar-refractivity contribution in [3.8, 4) is 0 Å². The van der Waals surface area contributed by atoms with Gasteiger partial charge in [-0.05, 0) is 13.3 Å². The number of fused-ring (bicyclic) bond motifs is 1. The number of hydrogen-bond donors (Lipinski definition) is 0. The smallest absolute Gasteiger partial charge is 0.159 e. The standard InChI is InChI=1S/C13H16ClN5S/c1-4-9-12-13(18(3)17-9)19(10(5-14)16-12)7-11-15-6-8(2)20-11/h6H,4-5,7H2,1-3H3. The van der Waals surface area contributed by atoms with Crippen LogP contribution < -0.4 is 0 Å². The van der Waals surface area contributed by atoms with E-state index < -0.39 is 0 Å². The first-order valence-corrected chi connectivity index (χ1v) is 7.87. The number of halogens is 1. The van der Waals surface area contributed by atoms with Crippen LogP contribution in [0.4, 0.5) is 0 Å². The molecule has 0 fully saturated rings. The number of imidazole rings is 1. The first kappa shape index (κ1) is 13.6. The zero-order valence-corrected chi connectivity index (χ0v) is 13.3. The van der Waals surface area contributed by atoms with E-state index in [-0.39, 0.29) is 0 Å². The van der Waals surface area contributed by atoms with Gasteiger partial charge in [0.25, 0.3) is 0 Å². The third-order valence-corrected chi connectivity index (χ3v) is 4.42. The van der Waals surface area contributed by atoms with Crippen LogP contribution in [0.3, 0.4) is 0 Å². The van der Waals surface area contributed by atoms with Gasteiger partial charge in [-0.3, -0.25) is 4.68 Å². The maximum atomic E-state index is 6.05. The molecule has 0 amide bonds. The third kappa shape index (κ3) is 2.13. The zero-order chi connectivity index (χ0) is 14.3. The van der Waals surface area contributed by atoms with Crippen molar-refractivity contribution in [3.63, 3.8) is 0 Å². The summed E-state index contributed by atoms with van der Waals surface area (Å²) >= 11 is 7.75. The lowest BCUT2D eigenvalue weighted by Gasteiger charge is -2.05. The lowest BCUT2D eigenvalue weighted by Crippen LogP contribution is -2.07. The molecular weight excluding hydrogens is 294 g/mol. The van der Waals surface area contributed by atoms with Crippen LogP contribution in [0, 0.1) is 6.92 Å². The van der Waals surface area contributed by atoms with Gasteiger partial charge in [0.2, 0.25) is 0 Å². The molecule has 3 aromatic heterocycles. The number of aryl methyl sites for hydroxylation is 3. The van der Waals surface area contributed by atoms with E-state index >= 15 is 0 Å². The van der Waals surface area contributed by atoms with Gasteiger partial charge in [0.15, 0.2) is 5.65 Å². The summed E-state index contributed by atoms with van der Waals surface area (Å²) in [6.45, 7) is 4.84. The summed E-state index contributed by atoms with van der Waals surface area (Å²) in [5, 5.41) is 5.59. The Morgan fingerprint density at radius 1 is 1.40 bits per heavy atom. The van der Waals surface area contributed by atoms with E-state index in [1.54, 1.807) is 11.3 Å². The summed E-state index contributed by atoms with van der Waals surface area (Å²) in [5.74, 6) is 1.26. The minimum absolute atomic E-state index is 0.391. The van der Waals surface area contributed by atoms with E-state index in [4.69, 9.17) is 11.6 Å². The van der Waals surface area contributed by atoms with Crippen LogP contribution in [0.15, 0.2) is 6.20 Å². The molecule has 0 saturated carbocycles. The number of aromatic nitrogens is 5. The molecule has 3 aromatic rings. The van der Waals surface area contributed by atoms with Gasteiger partial charge in [0.05, 0.1) is 18.1 Å². The Hall–Kier alpha value is -1.40. The van der Waals surface area contributed by atoms with Gasteiger partial charge in [-0.2, -0.15) is 5.10 Å². The molecule has 0 N–H and O–H groups in total. The average molecular weight is 310 g/mol.